The highest BCUT2D eigenvalue weighted by molar-refractivity contribution is 7.89. The Morgan fingerprint density at radius 2 is 1.70 bits per heavy atom. The van der Waals surface area contributed by atoms with E-state index in [-0.39, 0.29) is 30.3 Å². The molecule has 0 bridgehead atoms. The Balaban J connectivity index is 1.82. The quantitative estimate of drug-likeness (QED) is 0.713. The summed E-state index contributed by atoms with van der Waals surface area (Å²) in [6.07, 6.45) is 0.237. The molecule has 0 atom stereocenters. The highest BCUT2D eigenvalue weighted by atomic mass is 32.2. The summed E-state index contributed by atoms with van der Waals surface area (Å²) in [5, 5.41) is 2.76. The van der Waals surface area contributed by atoms with E-state index in [2.05, 4.69) is 5.32 Å². The zero-order chi connectivity index (χ0) is 19.9. The lowest BCUT2D eigenvalue weighted by Gasteiger charge is -2.17. The predicted molar refractivity (Wildman–Crippen MR) is 105 cm³/mol. The molecule has 27 heavy (non-hydrogen) atoms. The van der Waals surface area contributed by atoms with Crippen molar-refractivity contribution in [1.82, 2.24) is 9.62 Å². The molecular weight excluding hydrogens is 364 g/mol. The standard InChI is InChI=1S/C20H26N2O4S/c1-4-26-18-9-7-17(8-10-18)15-20(23)21-13-14-22(3)27(24,25)19-11-5-16(2)6-12-19/h5-12H,4,13-15H2,1-3H3,(H,21,23). The normalized spacial score (nSPS) is 11.4. The van der Waals surface area contributed by atoms with E-state index in [1.54, 1.807) is 24.3 Å². The topological polar surface area (TPSA) is 75.7 Å². The first-order chi connectivity index (χ1) is 12.8. The molecule has 0 aromatic heterocycles. The highest BCUT2D eigenvalue weighted by Gasteiger charge is 2.20. The maximum absolute atomic E-state index is 12.5. The van der Waals surface area contributed by atoms with Crippen LogP contribution < -0.4 is 10.1 Å². The number of aryl methyl sites for hydroxylation is 1. The number of benzene rings is 2. The first-order valence-electron chi connectivity index (χ1n) is 8.84. The minimum atomic E-state index is -3.55. The number of nitrogens with zero attached hydrogens (tertiary/aromatic N) is 1. The van der Waals surface area contributed by atoms with Crippen LogP contribution in [0.4, 0.5) is 0 Å². The second-order valence-corrected chi connectivity index (χ2v) is 8.29. The van der Waals surface area contributed by atoms with Crippen LogP contribution in [0, 0.1) is 6.92 Å². The van der Waals surface area contributed by atoms with E-state index in [1.165, 1.54) is 11.4 Å². The summed E-state index contributed by atoms with van der Waals surface area (Å²) in [7, 11) is -2.05. The fraction of sp³-hybridized carbons (Fsp3) is 0.350. The predicted octanol–water partition coefficient (Wildman–Crippen LogP) is 2.37. The summed E-state index contributed by atoms with van der Waals surface area (Å²) in [6, 6.07) is 14.1. The fourth-order valence-electron chi connectivity index (χ4n) is 2.48. The van der Waals surface area contributed by atoms with Crippen LogP contribution in [0.25, 0.3) is 0 Å². The third kappa shape index (κ3) is 6.08. The van der Waals surface area contributed by atoms with E-state index >= 15 is 0 Å². The van der Waals surface area contributed by atoms with Crippen molar-refractivity contribution in [3.63, 3.8) is 0 Å². The van der Waals surface area contributed by atoms with E-state index < -0.39 is 10.0 Å². The molecular formula is C20H26N2O4S. The number of amides is 1. The van der Waals surface area contributed by atoms with Gasteiger partial charge >= 0.3 is 0 Å². The Labute approximate surface area is 161 Å². The lowest BCUT2D eigenvalue weighted by molar-refractivity contribution is -0.120. The largest absolute Gasteiger partial charge is 0.494 e. The summed E-state index contributed by atoms with van der Waals surface area (Å²) in [4.78, 5) is 12.3. The Hall–Kier alpha value is -2.38. The first-order valence-corrected chi connectivity index (χ1v) is 10.3. The van der Waals surface area contributed by atoms with Crippen LogP contribution in [0.5, 0.6) is 5.75 Å². The van der Waals surface area contributed by atoms with Gasteiger partial charge in [0.1, 0.15) is 5.75 Å². The van der Waals surface area contributed by atoms with Gasteiger partial charge in [0.25, 0.3) is 0 Å². The van der Waals surface area contributed by atoms with Crippen LogP contribution in [0.3, 0.4) is 0 Å². The molecule has 6 nitrogen and oxygen atoms in total. The van der Waals surface area contributed by atoms with E-state index in [0.717, 1.165) is 16.9 Å². The number of carbonyl (C=O) groups is 1. The van der Waals surface area contributed by atoms with Crippen molar-refractivity contribution in [3.05, 3.63) is 59.7 Å². The van der Waals surface area contributed by atoms with Gasteiger partial charge in [-0.1, -0.05) is 29.8 Å². The van der Waals surface area contributed by atoms with Crippen molar-refractivity contribution < 1.29 is 17.9 Å². The zero-order valence-corrected chi connectivity index (χ0v) is 16.8. The maximum atomic E-state index is 12.5. The number of carbonyl (C=O) groups excluding carboxylic acids is 1. The minimum Gasteiger partial charge on any atom is -0.494 e. The average molecular weight is 391 g/mol. The van der Waals surface area contributed by atoms with Gasteiger partial charge in [0, 0.05) is 20.1 Å². The van der Waals surface area contributed by atoms with Crippen molar-refractivity contribution >= 4 is 15.9 Å². The van der Waals surface area contributed by atoms with Crippen molar-refractivity contribution in [3.8, 4) is 5.75 Å². The minimum absolute atomic E-state index is 0.153. The number of nitrogens with one attached hydrogen (secondary N) is 1. The van der Waals surface area contributed by atoms with Crippen molar-refractivity contribution in [2.75, 3.05) is 26.7 Å². The number of hydrogen-bond acceptors (Lipinski definition) is 4. The number of ether oxygens (including phenoxy) is 1. The van der Waals surface area contributed by atoms with Crippen molar-refractivity contribution in [1.29, 1.82) is 0 Å². The van der Waals surface area contributed by atoms with Gasteiger partial charge in [-0.05, 0) is 43.7 Å². The fourth-order valence-corrected chi connectivity index (χ4v) is 3.65. The second-order valence-electron chi connectivity index (χ2n) is 6.24. The summed E-state index contributed by atoms with van der Waals surface area (Å²) < 4.78 is 31.6. The molecule has 0 saturated heterocycles. The average Bonchev–Trinajstić information content (AvgIpc) is 2.64. The molecule has 1 amide bonds. The molecule has 2 aromatic carbocycles. The van der Waals surface area contributed by atoms with Gasteiger partial charge in [-0.3, -0.25) is 4.79 Å². The highest BCUT2D eigenvalue weighted by Crippen LogP contribution is 2.15. The van der Waals surface area contributed by atoms with Gasteiger partial charge < -0.3 is 10.1 Å². The molecule has 0 aliphatic heterocycles. The second kappa shape index (κ2) is 9.53. The van der Waals surface area contributed by atoms with E-state index in [4.69, 9.17) is 4.74 Å². The summed E-state index contributed by atoms with van der Waals surface area (Å²) in [6.45, 7) is 4.86. The third-order valence-corrected chi connectivity index (χ3v) is 5.95. The summed E-state index contributed by atoms with van der Waals surface area (Å²) >= 11 is 0. The molecule has 0 saturated carbocycles. The van der Waals surface area contributed by atoms with Crippen LogP contribution in [0.1, 0.15) is 18.1 Å². The van der Waals surface area contributed by atoms with Crippen molar-refractivity contribution in [2.24, 2.45) is 0 Å². The number of likely N-dealkylation sites (N-methyl/N-ethyl adjacent to an activating group) is 1. The van der Waals surface area contributed by atoms with Gasteiger partial charge in [0.2, 0.25) is 15.9 Å². The lowest BCUT2D eigenvalue weighted by atomic mass is 10.1. The molecule has 0 aliphatic rings. The number of rotatable bonds is 9. The van der Waals surface area contributed by atoms with Gasteiger partial charge in [0.05, 0.1) is 17.9 Å². The molecule has 0 radical (unpaired) electrons. The van der Waals surface area contributed by atoms with Crippen molar-refractivity contribution in [2.45, 2.75) is 25.2 Å². The van der Waals surface area contributed by atoms with E-state index in [9.17, 15) is 13.2 Å². The van der Waals surface area contributed by atoms with Crippen LogP contribution in [0.2, 0.25) is 0 Å². The van der Waals surface area contributed by atoms with Crippen LogP contribution >= 0.6 is 0 Å². The summed E-state index contributed by atoms with van der Waals surface area (Å²) in [5.41, 5.74) is 1.87. The number of hydrogen-bond donors (Lipinski definition) is 1. The van der Waals surface area contributed by atoms with Gasteiger partial charge in [-0.15, -0.1) is 0 Å². The SMILES string of the molecule is CCOc1ccc(CC(=O)NCCN(C)S(=O)(=O)c2ccc(C)cc2)cc1. The van der Waals surface area contributed by atoms with Gasteiger partial charge in [-0.2, -0.15) is 4.31 Å². The monoisotopic (exact) mass is 390 g/mol. The number of sulfonamides is 1. The molecule has 2 aromatic rings. The molecule has 0 fully saturated rings. The van der Waals surface area contributed by atoms with Gasteiger partial charge in [0.15, 0.2) is 0 Å². The molecule has 7 heteroatoms. The molecule has 1 N–H and O–H groups in total. The smallest absolute Gasteiger partial charge is 0.242 e. The van der Waals surface area contributed by atoms with E-state index in [1.807, 2.05) is 38.1 Å². The Morgan fingerprint density at radius 1 is 1.07 bits per heavy atom. The Bertz CT molecular complexity index is 847. The van der Waals surface area contributed by atoms with Crippen LogP contribution in [-0.4, -0.2) is 45.4 Å². The molecule has 0 aliphatic carbocycles. The molecule has 0 spiro atoms. The lowest BCUT2D eigenvalue weighted by Crippen LogP contribution is -2.36. The first kappa shape index (κ1) is 20.9. The molecule has 0 unspecified atom stereocenters. The molecule has 146 valence electrons. The third-order valence-electron chi connectivity index (χ3n) is 4.08. The maximum Gasteiger partial charge on any atom is 0.242 e. The van der Waals surface area contributed by atoms with Crippen LogP contribution in [-0.2, 0) is 21.2 Å². The zero-order valence-electron chi connectivity index (χ0n) is 15.9. The van der Waals surface area contributed by atoms with E-state index in [0.29, 0.717) is 6.61 Å². The molecule has 2 rings (SSSR count). The van der Waals surface area contributed by atoms with Crippen LogP contribution in [0.15, 0.2) is 53.4 Å². The Kier molecular flexibility index (Phi) is 7.38. The Morgan fingerprint density at radius 3 is 2.30 bits per heavy atom. The summed E-state index contributed by atoms with van der Waals surface area (Å²) in [5.74, 6) is 0.616. The van der Waals surface area contributed by atoms with Gasteiger partial charge in [-0.25, -0.2) is 8.42 Å². The molecule has 0 heterocycles.